The van der Waals surface area contributed by atoms with Gasteiger partial charge in [-0.2, -0.15) is 4.98 Å². The van der Waals surface area contributed by atoms with Gasteiger partial charge in [-0.1, -0.05) is 11.2 Å². The summed E-state index contributed by atoms with van der Waals surface area (Å²) in [6.07, 6.45) is -6.40. The third kappa shape index (κ3) is 3.74. The van der Waals surface area contributed by atoms with Crippen molar-refractivity contribution in [1.29, 1.82) is 0 Å². The minimum Gasteiger partial charge on any atom is -0.379 e. The Kier molecular flexibility index (Phi) is 5.65. The van der Waals surface area contributed by atoms with E-state index in [0.717, 1.165) is 11.1 Å². The lowest BCUT2D eigenvalue weighted by Crippen LogP contribution is -2.46. The molecule has 3 N–H and O–H groups in total. The van der Waals surface area contributed by atoms with E-state index in [-0.39, 0.29) is 29.5 Å². The molecule has 1 aliphatic heterocycles. The van der Waals surface area contributed by atoms with E-state index < -0.39 is 24.9 Å². The predicted octanol–water partition coefficient (Wildman–Crippen LogP) is 3.34. The van der Waals surface area contributed by atoms with Crippen LogP contribution in [0.25, 0.3) is 22.4 Å². The topological polar surface area (TPSA) is 85.1 Å². The van der Waals surface area contributed by atoms with Crippen molar-refractivity contribution < 1.29 is 22.1 Å². The summed E-state index contributed by atoms with van der Waals surface area (Å²) >= 11 is 0. The van der Waals surface area contributed by atoms with Crippen molar-refractivity contribution in [1.82, 2.24) is 19.6 Å². The number of anilines is 1. The van der Waals surface area contributed by atoms with Crippen molar-refractivity contribution in [3.05, 3.63) is 30.2 Å². The number of aromatic nitrogens is 3. The van der Waals surface area contributed by atoms with Crippen LogP contribution in [0.3, 0.4) is 0 Å². The average Bonchev–Trinajstić information content (AvgIpc) is 3.34. The third-order valence-corrected chi connectivity index (χ3v) is 5.30. The maximum absolute atomic E-state index is 14.6. The molecule has 0 amide bonds. The molecule has 7 nitrogen and oxygen atoms in total. The summed E-state index contributed by atoms with van der Waals surface area (Å²) in [6, 6.07) is 5.89. The van der Waals surface area contributed by atoms with E-state index in [1.54, 1.807) is 12.1 Å². The summed E-state index contributed by atoms with van der Waals surface area (Å²) < 4.78 is 61.4. The standard InChI is InChI=1S/C19H22F4N6O/c1-28-6-5-13(11(20)9-28)25-12-3-2-4-14-10(12)7-15(29(14)18(23)17(21)22)19-26-16(8-24)30-27-19/h2-4,7,11,13,17-18,25H,5-6,8-9,24H2,1H3. The molecule has 0 aliphatic carbocycles. The zero-order valence-corrected chi connectivity index (χ0v) is 16.2. The number of benzene rings is 1. The fourth-order valence-electron chi connectivity index (χ4n) is 3.79. The summed E-state index contributed by atoms with van der Waals surface area (Å²) in [6.45, 7) is 0.980. The first-order valence-corrected chi connectivity index (χ1v) is 9.57. The number of nitrogens with zero attached hydrogens (tertiary/aromatic N) is 4. The second-order valence-corrected chi connectivity index (χ2v) is 7.38. The van der Waals surface area contributed by atoms with Gasteiger partial charge < -0.3 is 25.0 Å². The van der Waals surface area contributed by atoms with Gasteiger partial charge in [0.15, 0.2) is 0 Å². The van der Waals surface area contributed by atoms with Gasteiger partial charge in [0.1, 0.15) is 6.17 Å². The highest BCUT2D eigenvalue weighted by Crippen LogP contribution is 2.37. The van der Waals surface area contributed by atoms with Crippen molar-refractivity contribution in [3.63, 3.8) is 0 Å². The second kappa shape index (κ2) is 8.23. The molecule has 1 aromatic carbocycles. The molecule has 1 fully saturated rings. The molecule has 1 aliphatic rings. The molecule has 30 heavy (non-hydrogen) atoms. The highest BCUT2D eigenvalue weighted by molar-refractivity contribution is 5.96. The highest BCUT2D eigenvalue weighted by atomic mass is 19.3. The third-order valence-electron chi connectivity index (χ3n) is 5.30. The molecule has 1 saturated heterocycles. The molecule has 0 saturated carbocycles. The average molecular weight is 426 g/mol. The van der Waals surface area contributed by atoms with Crippen LogP contribution < -0.4 is 11.1 Å². The molecule has 0 radical (unpaired) electrons. The SMILES string of the molecule is CN1CCC(Nc2cccc3c2cc(-c2noc(CN)n2)n3C(F)C(F)F)C(F)C1. The monoisotopic (exact) mass is 426 g/mol. The Balaban J connectivity index is 1.79. The Morgan fingerprint density at radius 2 is 2.13 bits per heavy atom. The lowest BCUT2D eigenvalue weighted by atomic mass is 10.0. The van der Waals surface area contributed by atoms with E-state index in [4.69, 9.17) is 10.3 Å². The van der Waals surface area contributed by atoms with Gasteiger partial charge in [0.05, 0.1) is 23.8 Å². The fourth-order valence-corrected chi connectivity index (χ4v) is 3.79. The first-order chi connectivity index (χ1) is 14.4. The minimum absolute atomic E-state index is 0.0238. The number of alkyl halides is 4. The summed E-state index contributed by atoms with van der Waals surface area (Å²) in [7, 11) is 1.85. The van der Waals surface area contributed by atoms with E-state index in [1.807, 2.05) is 11.9 Å². The molecule has 3 heterocycles. The van der Waals surface area contributed by atoms with Gasteiger partial charge in [-0.15, -0.1) is 0 Å². The zero-order valence-electron chi connectivity index (χ0n) is 16.2. The zero-order chi connectivity index (χ0) is 21.4. The Labute approximate surface area is 169 Å². The molecule has 11 heteroatoms. The van der Waals surface area contributed by atoms with Crippen molar-refractivity contribution in [2.75, 3.05) is 25.5 Å². The van der Waals surface area contributed by atoms with Crippen LogP contribution in [0.15, 0.2) is 28.8 Å². The van der Waals surface area contributed by atoms with Crippen LogP contribution >= 0.6 is 0 Å². The molecule has 3 aromatic rings. The molecule has 2 aromatic heterocycles. The lowest BCUT2D eigenvalue weighted by Gasteiger charge is -2.33. The Bertz CT molecular complexity index is 1020. The maximum Gasteiger partial charge on any atom is 0.288 e. The number of piperidine rings is 1. The Morgan fingerprint density at radius 3 is 2.80 bits per heavy atom. The van der Waals surface area contributed by atoms with Crippen LogP contribution in [-0.2, 0) is 6.54 Å². The lowest BCUT2D eigenvalue weighted by molar-refractivity contribution is 0.0114. The van der Waals surface area contributed by atoms with Crippen LogP contribution in [0.1, 0.15) is 18.6 Å². The van der Waals surface area contributed by atoms with Crippen molar-refractivity contribution in [3.8, 4) is 11.5 Å². The van der Waals surface area contributed by atoms with E-state index in [9.17, 15) is 17.6 Å². The van der Waals surface area contributed by atoms with Gasteiger partial charge in [0.25, 0.3) is 6.43 Å². The van der Waals surface area contributed by atoms with Gasteiger partial charge in [-0.05, 0) is 31.7 Å². The van der Waals surface area contributed by atoms with E-state index in [1.165, 1.54) is 12.1 Å². The van der Waals surface area contributed by atoms with Crippen LogP contribution in [0, 0.1) is 0 Å². The quantitative estimate of drug-likeness (QED) is 0.588. The number of nitrogens with two attached hydrogens (primary N) is 1. The van der Waals surface area contributed by atoms with Crippen molar-refractivity contribution in [2.45, 2.75) is 37.9 Å². The number of likely N-dealkylation sites (tertiary alicyclic amines) is 1. The maximum atomic E-state index is 14.6. The second-order valence-electron chi connectivity index (χ2n) is 7.38. The normalized spacial score (nSPS) is 21.4. The molecule has 0 bridgehead atoms. The largest absolute Gasteiger partial charge is 0.379 e. The molecular weight excluding hydrogens is 404 g/mol. The number of rotatable bonds is 6. The number of halogens is 4. The predicted molar refractivity (Wildman–Crippen MR) is 104 cm³/mol. The number of hydrogen-bond donors (Lipinski definition) is 2. The summed E-state index contributed by atoms with van der Waals surface area (Å²) in [5, 5.41) is 7.36. The van der Waals surface area contributed by atoms with Gasteiger partial charge in [-0.3, -0.25) is 0 Å². The smallest absolute Gasteiger partial charge is 0.288 e. The van der Waals surface area contributed by atoms with Gasteiger partial charge in [-0.25, -0.2) is 17.6 Å². The van der Waals surface area contributed by atoms with Gasteiger partial charge in [0.2, 0.25) is 18.0 Å². The van der Waals surface area contributed by atoms with Crippen molar-refractivity contribution >= 4 is 16.6 Å². The first kappa shape index (κ1) is 20.6. The number of hydrogen-bond acceptors (Lipinski definition) is 6. The summed E-state index contributed by atoms with van der Waals surface area (Å²) in [5.74, 6) is 0.0442. The van der Waals surface area contributed by atoms with Crippen molar-refractivity contribution in [2.24, 2.45) is 5.73 Å². The van der Waals surface area contributed by atoms with E-state index >= 15 is 0 Å². The number of fused-ring (bicyclic) bond motifs is 1. The minimum atomic E-state index is -3.26. The van der Waals surface area contributed by atoms with Gasteiger partial charge in [0, 0.05) is 24.2 Å². The molecule has 0 spiro atoms. The summed E-state index contributed by atoms with van der Waals surface area (Å²) in [5.41, 5.74) is 6.23. The fraction of sp³-hybridized carbons (Fsp3) is 0.474. The highest BCUT2D eigenvalue weighted by Gasteiger charge is 2.30. The van der Waals surface area contributed by atoms with Crippen LogP contribution in [0.5, 0.6) is 0 Å². The van der Waals surface area contributed by atoms with E-state index in [2.05, 4.69) is 15.5 Å². The molecule has 162 valence electrons. The van der Waals surface area contributed by atoms with E-state index in [0.29, 0.717) is 24.0 Å². The van der Waals surface area contributed by atoms with Crippen LogP contribution in [0.2, 0.25) is 0 Å². The van der Waals surface area contributed by atoms with Gasteiger partial charge >= 0.3 is 0 Å². The van der Waals surface area contributed by atoms with Crippen LogP contribution in [0.4, 0.5) is 23.2 Å². The number of nitrogens with one attached hydrogen (secondary N) is 1. The molecule has 3 unspecified atom stereocenters. The first-order valence-electron chi connectivity index (χ1n) is 9.57. The Morgan fingerprint density at radius 1 is 1.33 bits per heavy atom. The molecule has 3 atom stereocenters. The van der Waals surface area contributed by atoms with Crippen LogP contribution in [-0.4, -0.2) is 58.4 Å². The Hall–Kier alpha value is -2.66. The summed E-state index contributed by atoms with van der Waals surface area (Å²) in [4.78, 5) is 5.94. The molecular formula is C19H22F4N6O. The molecule has 4 rings (SSSR count).